The third-order valence-electron chi connectivity index (χ3n) is 2.36. The summed E-state index contributed by atoms with van der Waals surface area (Å²) >= 11 is 0. The first-order chi connectivity index (χ1) is 8.22. The van der Waals surface area contributed by atoms with Gasteiger partial charge in [-0.1, -0.05) is 37.6 Å². The molecule has 0 bridgehead atoms. The Balaban J connectivity index is 2.44. The van der Waals surface area contributed by atoms with E-state index < -0.39 is 0 Å². The van der Waals surface area contributed by atoms with Crippen molar-refractivity contribution in [3.63, 3.8) is 0 Å². The second kappa shape index (κ2) is 7.66. The second-order valence-corrected chi connectivity index (χ2v) is 4.08. The average molecular weight is 232 g/mol. The Labute approximate surface area is 103 Å². The summed E-state index contributed by atoms with van der Waals surface area (Å²) in [5, 5.41) is 0. The predicted molar refractivity (Wildman–Crippen MR) is 71.2 cm³/mol. The van der Waals surface area contributed by atoms with Gasteiger partial charge in [-0.05, 0) is 31.0 Å². The molecule has 0 saturated heterocycles. The summed E-state index contributed by atoms with van der Waals surface area (Å²) in [5.74, 6) is 1.09. The van der Waals surface area contributed by atoms with Gasteiger partial charge in [-0.15, -0.1) is 0 Å². The highest BCUT2D eigenvalue weighted by Crippen LogP contribution is 2.13. The SMILES string of the molecule is CCCCOc1ccc(/C=C/CC(C)=O)cc1. The number of Topliss-reactive ketones (excluding diaryl/α,β-unsaturated/α-hetero) is 1. The molecule has 0 fully saturated rings. The summed E-state index contributed by atoms with van der Waals surface area (Å²) in [6.07, 6.45) is 6.56. The number of unbranched alkanes of at least 4 members (excludes halogenated alkanes) is 1. The van der Waals surface area contributed by atoms with Crippen LogP contribution < -0.4 is 4.74 Å². The fourth-order valence-electron chi connectivity index (χ4n) is 1.37. The normalized spacial score (nSPS) is 10.7. The van der Waals surface area contributed by atoms with Crippen molar-refractivity contribution in [2.45, 2.75) is 33.1 Å². The zero-order valence-electron chi connectivity index (χ0n) is 10.6. The van der Waals surface area contributed by atoms with Gasteiger partial charge in [0, 0.05) is 6.42 Å². The molecule has 2 nitrogen and oxygen atoms in total. The number of hydrogen-bond donors (Lipinski definition) is 0. The maximum Gasteiger partial charge on any atom is 0.133 e. The van der Waals surface area contributed by atoms with Crippen LogP contribution in [0.25, 0.3) is 6.08 Å². The number of allylic oxidation sites excluding steroid dienone is 1. The van der Waals surface area contributed by atoms with Crippen LogP contribution in [-0.4, -0.2) is 12.4 Å². The molecule has 17 heavy (non-hydrogen) atoms. The first kappa shape index (κ1) is 13.5. The van der Waals surface area contributed by atoms with Gasteiger partial charge in [-0.2, -0.15) is 0 Å². The van der Waals surface area contributed by atoms with E-state index in [0.29, 0.717) is 6.42 Å². The van der Waals surface area contributed by atoms with Crippen molar-refractivity contribution in [3.05, 3.63) is 35.9 Å². The van der Waals surface area contributed by atoms with Crippen LogP contribution in [0.4, 0.5) is 0 Å². The lowest BCUT2D eigenvalue weighted by Gasteiger charge is -2.04. The van der Waals surface area contributed by atoms with Gasteiger partial charge in [-0.25, -0.2) is 0 Å². The molecule has 0 saturated carbocycles. The minimum absolute atomic E-state index is 0.181. The van der Waals surface area contributed by atoms with Crippen molar-refractivity contribution >= 4 is 11.9 Å². The van der Waals surface area contributed by atoms with Crippen LogP contribution in [0.5, 0.6) is 5.75 Å². The Morgan fingerprint density at radius 1 is 1.29 bits per heavy atom. The monoisotopic (exact) mass is 232 g/mol. The third kappa shape index (κ3) is 5.91. The van der Waals surface area contributed by atoms with E-state index >= 15 is 0 Å². The Bertz CT molecular complexity index is 363. The number of benzene rings is 1. The largest absolute Gasteiger partial charge is 0.494 e. The first-order valence-corrected chi connectivity index (χ1v) is 6.11. The highest BCUT2D eigenvalue weighted by molar-refractivity contribution is 5.78. The standard InChI is InChI=1S/C15H20O2/c1-3-4-12-17-15-10-8-14(9-11-15)7-5-6-13(2)16/h5,7-11H,3-4,6,12H2,1-2H3/b7-5+. The number of carbonyl (C=O) groups is 1. The molecule has 92 valence electrons. The minimum atomic E-state index is 0.181. The van der Waals surface area contributed by atoms with Gasteiger partial charge >= 0.3 is 0 Å². The second-order valence-electron chi connectivity index (χ2n) is 4.08. The molecule has 0 radical (unpaired) electrons. The fraction of sp³-hybridized carbons (Fsp3) is 0.400. The van der Waals surface area contributed by atoms with E-state index in [1.165, 1.54) is 0 Å². The summed E-state index contributed by atoms with van der Waals surface area (Å²) in [4.78, 5) is 10.8. The molecule has 0 heterocycles. The van der Waals surface area contributed by atoms with Crippen molar-refractivity contribution in [2.24, 2.45) is 0 Å². The van der Waals surface area contributed by atoms with Gasteiger partial charge < -0.3 is 4.74 Å². The number of ketones is 1. The van der Waals surface area contributed by atoms with Crippen molar-refractivity contribution in [1.29, 1.82) is 0 Å². The summed E-state index contributed by atoms with van der Waals surface area (Å²) in [5.41, 5.74) is 1.09. The van der Waals surface area contributed by atoms with Gasteiger partial charge in [0.1, 0.15) is 11.5 Å². The van der Waals surface area contributed by atoms with Gasteiger partial charge in [0.2, 0.25) is 0 Å². The number of ether oxygens (including phenoxy) is 1. The summed E-state index contributed by atoms with van der Waals surface area (Å²) in [7, 11) is 0. The van der Waals surface area contributed by atoms with Crippen molar-refractivity contribution in [2.75, 3.05) is 6.61 Å². The Hall–Kier alpha value is -1.57. The van der Waals surface area contributed by atoms with Crippen LogP contribution in [-0.2, 0) is 4.79 Å². The van der Waals surface area contributed by atoms with Gasteiger partial charge in [0.05, 0.1) is 6.61 Å². The minimum Gasteiger partial charge on any atom is -0.494 e. The highest BCUT2D eigenvalue weighted by Gasteiger charge is 1.93. The molecular formula is C15H20O2. The van der Waals surface area contributed by atoms with Crippen molar-refractivity contribution < 1.29 is 9.53 Å². The van der Waals surface area contributed by atoms with Crippen LogP contribution in [0.15, 0.2) is 30.3 Å². The third-order valence-corrected chi connectivity index (χ3v) is 2.36. The molecule has 1 aromatic carbocycles. The molecule has 0 amide bonds. The van der Waals surface area contributed by atoms with Crippen LogP contribution in [0.1, 0.15) is 38.7 Å². The Morgan fingerprint density at radius 2 is 2.00 bits per heavy atom. The molecule has 1 aromatic rings. The molecule has 2 heteroatoms. The Kier molecular flexibility index (Phi) is 6.08. The fourth-order valence-corrected chi connectivity index (χ4v) is 1.37. The van der Waals surface area contributed by atoms with Gasteiger partial charge in [0.25, 0.3) is 0 Å². The summed E-state index contributed by atoms with van der Waals surface area (Å²) < 4.78 is 5.57. The molecule has 0 N–H and O–H groups in total. The van der Waals surface area contributed by atoms with E-state index in [1.807, 2.05) is 36.4 Å². The maximum atomic E-state index is 10.8. The Morgan fingerprint density at radius 3 is 2.59 bits per heavy atom. The van der Waals surface area contributed by atoms with Crippen molar-refractivity contribution in [3.8, 4) is 5.75 Å². The van der Waals surface area contributed by atoms with Crippen LogP contribution >= 0.6 is 0 Å². The van der Waals surface area contributed by atoms with Gasteiger partial charge in [0.15, 0.2) is 0 Å². The number of hydrogen-bond acceptors (Lipinski definition) is 2. The lowest BCUT2D eigenvalue weighted by Crippen LogP contribution is -1.95. The lowest BCUT2D eigenvalue weighted by atomic mass is 10.2. The van der Waals surface area contributed by atoms with E-state index in [4.69, 9.17) is 4.74 Å². The molecule has 0 aliphatic carbocycles. The van der Waals surface area contributed by atoms with E-state index in [0.717, 1.165) is 30.8 Å². The predicted octanol–water partition coefficient (Wildman–Crippen LogP) is 3.86. The summed E-state index contributed by atoms with van der Waals surface area (Å²) in [6, 6.07) is 7.92. The molecule has 0 aliphatic heterocycles. The molecule has 0 spiro atoms. The molecule has 0 aromatic heterocycles. The highest BCUT2D eigenvalue weighted by atomic mass is 16.5. The first-order valence-electron chi connectivity index (χ1n) is 6.11. The zero-order chi connectivity index (χ0) is 12.5. The zero-order valence-corrected chi connectivity index (χ0v) is 10.6. The van der Waals surface area contributed by atoms with E-state index in [2.05, 4.69) is 6.92 Å². The van der Waals surface area contributed by atoms with E-state index in [9.17, 15) is 4.79 Å². The number of rotatable bonds is 7. The molecule has 0 atom stereocenters. The van der Waals surface area contributed by atoms with Crippen LogP contribution in [0.2, 0.25) is 0 Å². The summed E-state index contributed by atoms with van der Waals surface area (Å²) in [6.45, 7) is 4.51. The molecule has 1 rings (SSSR count). The van der Waals surface area contributed by atoms with E-state index in [-0.39, 0.29) is 5.78 Å². The quantitative estimate of drug-likeness (QED) is 0.667. The smallest absolute Gasteiger partial charge is 0.133 e. The number of carbonyl (C=O) groups excluding carboxylic acids is 1. The average Bonchev–Trinajstić information content (AvgIpc) is 2.31. The van der Waals surface area contributed by atoms with Gasteiger partial charge in [-0.3, -0.25) is 4.79 Å². The van der Waals surface area contributed by atoms with Crippen molar-refractivity contribution in [1.82, 2.24) is 0 Å². The van der Waals surface area contributed by atoms with E-state index in [1.54, 1.807) is 6.92 Å². The topological polar surface area (TPSA) is 26.3 Å². The molecular weight excluding hydrogens is 212 g/mol. The maximum absolute atomic E-state index is 10.8. The molecule has 0 aliphatic rings. The van der Waals surface area contributed by atoms with Crippen LogP contribution in [0, 0.1) is 0 Å². The molecule has 0 unspecified atom stereocenters. The van der Waals surface area contributed by atoms with Crippen LogP contribution in [0.3, 0.4) is 0 Å². The lowest BCUT2D eigenvalue weighted by molar-refractivity contribution is -0.116.